The Labute approximate surface area is 180 Å². The maximum Gasteiger partial charge on any atom is 0.264 e. The summed E-state index contributed by atoms with van der Waals surface area (Å²) in [5, 5.41) is 7.76. The number of nitrogens with one attached hydrogen (secondary N) is 1. The Balaban J connectivity index is 1.56. The largest absolute Gasteiger partial charge is 0.348 e. The number of aromatic nitrogens is 4. The van der Waals surface area contributed by atoms with Crippen LogP contribution in [0.15, 0.2) is 78.0 Å². The van der Waals surface area contributed by atoms with Crippen molar-refractivity contribution in [1.82, 2.24) is 24.6 Å². The molecule has 0 radical (unpaired) electrons. The Morgan fingerprint density at radius 1 is 1.03 bits per heavy atom. The highest BCUT2D eigenvalue weighted by Crippen LogP contribution is 2.21. The summed E-state index contributed by atoms with van der Waals surface area (Å²) in [5.74, 6) is 0.184. The minimum Gasteiger partial charge on any atom is -0.348 e. The van der Waals surface area contributed by atoms with Crippen molar-refractivity contribution in [2.24, 2.45) is 5.92 Å². The van der Waals surface area contributed by atoms with Crippen LogP contribution in [-0.4, -0.2) is 25.2 Å². The molecule has 0 aliphatic heterocycles. The quantitative estimate of drug-likeness (QED) is 0.501. The standard InChI is InChI=1S/C24H25N5O2/c1-17(2)13-21(18-9-5-3-6-10-18)27-22(30)15-28-16-25-23-20(24(28)31)14-26-29(23)19-11-7-4-8-12-19/h3-12,14,16-17,21H,13,15H2,1-2H3,(H,27,30)/t21-/m0/s1. The lowest BCUT2D eigenvalue weighted by molar-refractivity contribution is -0.122. The SMILES string of the molecule is CC(C)C[C@H](NC(=O)Cn1cnc2c(cnn2-c2ccccc2)c1=O)c1ccccc1. The third kappa shape index (κ3) is 4.55. The third-order valence-electron chi connectivity index (χ3n) is 5.11. The topological polar surface area (TPSA) is 81.8 Å². The van der Waals surface area contributed by atoms with E-state index in [0.717, 1.165) is 17.7 Å². The summed E-state index contributed by atoms with van der Waals surface area (Å²) in [4.78, 5) is 30.1. The van der Waals surface area contributed by atoms with Crippen LogP contribution in [0, 0.1) is 5.92 Å². The molecule has 0 saturated carbocycles. The second kappa shape index (κ2) is 8.95. The second-order valence-corrected chi connectivity index (χ2v) is 7.97. The fourth-order valence-electron chi connectivity index (χ4n) is 3.65. The molecule has 7 nitrogen and oxygen atoms in total. The number of carbonyl (C=O) groups excluding carboxylic acids is 1. The van der Waals surface area contributed by atoms with Gasteiger partial charge < -0.3 is 5.32 Å². The van der Waals surface area contributed by atoms with Crippen molar-refractivity contribution in [3.05, 3.63) is 89.1 Å². The number of carbonyl (C=O) groups is 1. The van der Waals surface area contributed by atoms with Crippen LogP contribution in [0.4, 0.5) is 0 Å². The molecule has 158 valence electrons. The second-order valence-electron chi connectivity index (χ2n) is 7.97. The Kier molecular flexibility index (Phi) is 5.93. The number of hydrogen-bond acceptors (Lipinski definition) is 4. The zero-order valence-electron chi connectivity index (χ0n) is 17.6. The molecule has 0 aliphatic rings. The van der Waals surface area contributed by atoms with Gasteiger partial charge in [0.1, 0.15) is 18.3 Å². The van der Waals surface area contributed by atoms with Crippen LogP contribution in [-0.2, 0) is 11.3 Å². The summed E-state index contributed by atoms with van der Waals surface area (Å²) >= 11 is 0. The number of fused-ring (bicyclic) bond motifs is 1. The van der Waals surface area contributed by atoms with Crippen molar-refractivity contribution in [3.63, 3.8) is 0 Å². The molecule has 2 aromatic carbocycles. The maximum atomic E-state index is 12.9. The van der Waals surface area contributed by atoms with E-state index in [-0.39, 0.29) is 24.1 Å². The van der Waals surface area contributed by atoms with Crippen molar-refractivity contribution in [3.8, 4) is 5.69 Å². The van der Waals surface area contributed by atoms with Gasteiger partial charge in [0.25, 0.3) is 5.56 Å². The smallest absolute Gasteiger partial charge is 0.264 e. The molecule has 4 rings (SSSR count). The first kappa shape index (κ1) is 20.5. The summed E-state index contributed by atoms with van der Waals surface area (Å²) in [6.45, 7) is 4.14. The molecule has 31 heavy (non-hydrogen) atoms. The Bertz CT molecular complexity index is 1230. The molecule has 0 saturated heterocycles. The highest BCUT2D eigenvalue weighted by molar-refractivity contribution is 5.78. The van der Waals surface area contributed by atoms with Gasteiger partial charge in [0.05, 0.1) is 17.9 Å². The van der Waals surface area contributed by atoms with Crippen molar-refractivity contribution >= 4 is 16.9 Å². The fourth-order valence-corrected chi connectivity index (χ4v) is 3.65. The first-order valence-electron chi connectivity index (χ1n) is 10.4. The highest BCUT2D eigenvalue weighted by Gasteiger charge is 2.18. The lowest BCUT2D eigenvalue weighted by atomic mass is 9.97. The van der Waals surface area contributed by atoms with Crippen LogP contribution < -0.4 is 10.9 Å². The lowest BCUT2D eigenvalue weighted by Gasteiger charge is -2.21. The van der Waals surface area contributed by atoms with Gasteiger partial charge in [-0.2, -0.15) is 5.10 Å². The Morgan fingerprint density at radius 3 is 2.39 bits per heavy atom. The zero-order chi connectivity index (χ0) is 21.8. The van der Waals surface area contributed by atoms with Crippen LogP contribution in [0.25, 0.3) is 16.7 Å². The van der Waals surface area contributed by atoms with E-state index in [2.05, 4.69) is 29.2 Å². The molecule has 7 heteroatoms. The normalized spacial score (nSPS) is 12.2. The van der Waals surface area contributed by atoms with Crippen molar-refractivity contribution in [2.45, 2.75) is 32.9 Å². The van der Waals surface area contributed by atoms with Gasteiger partial charge in [-0.05, 0) is 30.0 Å². The van der Waals surface area contributed by atoms with E-state index < -0.39 is 0 Å². The van der Waals surface area contributed by atoms with E-state index in [1.165, 1.54) is 17.1 Å². The van der Waals surface area contributed by atoms with E-state index in [1.807, 2.05) is 60.7 Å². The average Bonchev–Trinajstić information content (AvgIpc) is 3.21. The fraction of sp³-hybridized carbons (Fsp3) is 0.250. The van der Waals surface area contributed by atoms with E-state index in [0.29, 0.717) is 17.0 Å². The summed E-state index contributed by atoms with van der Waals surface area (Å²) in [5.41, 5.74) is 2.05. The zero-order valence-corrected chi connectivity index (χ0v) is 17.6. The van der Waals surface area contributed by atoms with E-state index in [4.69, 9.17) is 0 Å². The van der Waals surface area contributed by atoms with Gasteiger partial charge in [-0.25, -0.2) is 9.67 Å². The van der Waals surface area contributed by atoms with E-state index in [9.17, 15) is 9.59 Å². The first-order chi connectivity index (χ1) is 15.0. The number of benzene rings is 2. The lowest BCUT2D eigenvalue weighted by Crippen LogP contribution is -2.35. The highest BCUT2D eigenvalue weighted by atomic mass is 16.2. The predicted molar refractivity (Wildman–Crippen MR) is 120 cm³/mol. The number of para-hydroxylation sites is 1. The summed E-state index contributed by atoms with van der Waals surface area (Å²) < 4.78 is 2.95. The molecule has 1 N–H and O–H groups in total. The van der Waals surface area contributed by atoms with Gasteiger partial charge in [0, 0.05) is 0 Å². The van der Waals surface area contributed by atoms with E-state index >= 15 is 0 Å². The molecule has 0 unspecified atom stereocenters. The monoisotopic (exact) mass is 415 g/mol. The Hall–Kier alpha value is -3.74. The molecule has 4 aromatic rings. The number of rotatable bonds is 7. The molecule has 2 aromatic heterocycles. The number of amides is 1. The van der Waals surface area contributed by atoms with Gasteiger partial charge in [0.2, 0.25) is 5.91 Å². The minimum atomic E-state index is -0.289. The number of nitrogens with zero attached hydrogens (tertiary/aromatic N) is 4. The molecule has 0 spiro atoms. The van der Waals surface area contributed by atoms with Gasteiger partial charge in [-0.15, -0.1) is 0 Å². The third-order valence-corrected chi connectivity index (χ3v) is 5.11. The van der Waals surface area contributed by atoms with Gasteiger partial charge in [-0.3, -0.25) is 14.2 Å². The van der Waals surface area contributed by atoms with Gasteiger partial charge in [-0.1, -0.05) is 62.4 Å². The molecule has 1 atom stereocenters. The van der Waals surface area contributed by atoms with Crippen LogP contribution in [0.1, 0.15) is 31.9 Å². The summed E-state index contributed by atoms with van der Waals surface area (Å²) in [6, 6.07) is 19.3. The van der Waals surface area contributed by atoms with Crippen molar-refractivity contribution in [2.75, 3.05) is 0 Å². The molecule has 0 fully saturated rings. The van der Waals surface area contributed by atoms with Crippen LogP contribution in [0.3, 0.4) is 0 Å². The maximum absolute atomic E-state index is 12.9. The molecule has 0 aliphatic carbocycles. The van der Waals surface area contributed by atoms with Gasteiger partial charge >= 0.3 is 0 Å². The first-order valence-corrected chi connectivity index (χ1v) is 10.4. The van der Waals surface area contributed by atoms with E-state index in [1.54, 1.807) is 4.68 Å². The van der Waals surface area contributed by atoms with Gasteiger partial charge in [0.15, 0.2) is 5.65 Å². The van der Waals surface area contributed by atoms with Crippen LogP contribution in [0.5, 0.6) is 0 Å². The van der Waals surface area contributed by atoms with Crippen molar-refractivity contribution < 1.29 is 4.79 Å². The summed E-state index contributed by atoms with van der Waals surface area (Å²) in [7, 11) is 0. The Morgan fingerprint density at radius 2 is 1.71 bits per heavy atom. The number of hydrogen-bond donors (Lipinski definition) is 1. The molecule has 0 bridgehead atoms. The molecule has 2 heterocycles. The summed E-state index contributed by atoms with van der Waals surface area (Å²) in [6.07, 6.45) is 3.72. The molecular formula is C24H25N5O2. The van der Waals surface area contributed by atoms with Crippen LogP contribution in [0.2, 0.25) is 0 Å². The average molecular weight is 415 g/mol. The van der Waals surface area contributed by atoms with Crippen LogP contribution >= 0.6 is 0 Å². The molecular weight excluding hydrogens is 390 g/mol. The minimum absolute atomic E-state index is 0.0975. The molecule has 1 amide bonds. The van der Waals surface area contributed by atoms with Crippen molar-refractivity contribution in [1.29, 1.82) is 0 Å². The predicted octanol–water partition coefficient (Wildman–Crippen LogP) is 3.49.